The average Bonchev–Trinajstić information content (AvgIpc) is 3.39. The summed E-state index contributed by atoms with van der Waals surface area (Å²) in [5, 5.41) is 24.7. The van der Waals surface area contributed by atoms with Crippen molar-refractivity contribution < 1.29 is 28.2 Å². The van der Waals surface area contributed by atoms with Gasteiger partial charge in [-0.1, -0.05) is 23.7 Å². The number of nitrogens with zero attached hydrogens (tertiary/aromatic N) is 5. The molecule has 5 rings (SSSR count). The molecule has 1 aliphatic rings. The van der Waals surface area contributed by atoms with Crippen molar-refractivity contribution in [1.82, 2.24) is 24.5 Å². The van der Waals surface area contributed by atoms with Crippen LogP contribution in [0, 0.1) is 5.92 Å². The summed E-state index contributed by atoms with van der Waals surface area (Å²) in [5.41, 5.74) is 1.79. The van der Waals surface area contributed by atoms with Crippen molar-refractivity contribution in [2.24, 2.45) is 5.92 Å². The number of anilines is 1. The monoisotopic (exact) mass is 520 g/mol. The van der Waals surface area contributed by atoms with Crippen LogP contribution in [0.1, 0.15) is 24.4 Å². The van der Waals surface area contributed by atoms with E-state index in [1.54, 1.807) is 34.3 Å². The number of amides is 1. The zero-order valence-electron chi connectivity index (χ0n) is 18.5. The second-order valence-electron chi connectivity index (χ2n) is 8.75. The Morgan fingerprint density at radius 1 is 1.17 bits per heavy atom. The van der Waals surface area contributed by atoms with E-state index >= 15 is 0 Å². The fourth-order valence-corrected chi connectivity index (χ4v) is 4.87. The molecule has 188 valence electrons. The van der Waals surface area contributed by atoms with Crippen LogP contribution in [0.5, 0.6) is 0 Å². The first-order valence-corrected chi connectivity index (χ1v) is 11.5. The maximum atomic E-state index is 12.5. The Morgan fingerprint density at radius 2 is 1.97 bits per heavy atom. The Balaban J connectivity index is 1.30. The van der Waals surface area contributed by atoms with Crippen LogP contribution in [0.25, 0.3) is 21.9 Å². The zero-order chi connectivity index (χ0) is 25.6. The number of fused-ring (bicyclic) bond motifs is 2. The molecule has 0 unspecified atom stereocenters. The molecule has 13 heteroatoms. The van der Waals surface area contributed by atoms with Gasteiger partial charge in [0.1, 0.15) is 23.2 Å². The van der Waals surface area contributed by atoms with Crippen molar-refractivity contribution in [3.63, 3.8) is 0 Å². The molecule has 9 nitrogen and oxygen atoms in total. The minimum absolute atomic E-state index is 0.206. The third-order valence-electron chi connectivity index (χ3n) is 6.52. The SMILES string of the molecule is O=C(Nc1ncc2ccc(CC[C@H]3C[C@@H](n4ccc5c(Cl)ncnc54)[C@H](O)[C@@H]3O)cc2n1)C(F)(F)F. The highest BCUT2D eigenvalue weighted by Gasteiger charge is 2.42. The van der Waals surface area contributed by atoms with Crippen LogP contribution in [0.15, 0.2) is 43.0 Å². The summed E-state index contributed by atoms with van der Waals surface area (Å²) in [5.74, 6) is -2.80. The number of hydrogen-bond acceptors (Lipinski definition) is 7. The van der Waals surface area contributed by atoms with Crippen molar-refractivity contribution in [3.8, 4) is 0 Å². The molecule has 0 saturated heterocycles. The van der Waals surface area contributed by atoms with E-state index in [4.69, 9.17) is 11.6 Å². The number of carbonyl (C=O) groups excluding carboxylic acids is 1. The molecule has 4 aromatic rings. The smallest absolute Gasteiger partial charge is 0.390 e. The normalized spacial score (nSPS) is 22.4. The molecule has 1 aromatic carbocycles. The van der Waals surface area contributed by atoms with Crippen molar-refractivity contribution >= 4 is 45.4 Å². The lowest BCUT2D eigenvalue weighted by Gasteiger charge is -2.19. The summed E-state index contributed by atoms with van der Waals surface area (Å²) in [6.45, 7) is 0. The highest BCUT2D eigenvalue weighted by Crippen LogP contribution is 2.39. The number of carbonyl (C=O) groups is 1. The number of aryl methyl sites for hydroxylation is 1. The Kier molecular flexibility index (Phi) is 6.27. The third-order valence-corrected chi connectivity index (χ3v) is 6.82. The molecule has 3 N–H and O–H groups in total. The van der Waals surface area contributed by atoms with Gasteiger partial charge >= 0.3 is 12.1 Å². The molecule has 0 aliphatic heterocycles. The number of alkyl halides is 3. The van der Waals surface area contributed by atoms with Gasteiger partial charge in [-0.25, -0.2) is 19.9 Å². The number of aliphatic hydroxyl groups excluding tert-OH is 2. The summed E-state index contributed by atoms with van der Waals surface area (Å²) >= 11 is 6.13. The van der Waals surface area contributed by atoms with Gasteiger partial charge in [-0.3, -0.25) is 10.1 Å². The molecular weight excluding hydrogens is 501 g/mol. The minimum Gasteiger partial charge on any atom is -0.390 e. The second kappa shape index (κ2) is 9.26. The molecule has 0 spiro atoms. The number of nitrogens with one attached hydrogen (secondary N) is 1. The van der Waals surface area contributed by atoms with Gasteiger partial charge in [-0.2, -0.15) is 13.2 Å². The maximum Gasteiger partial charge on any atom is 0.471 e. The predicted molar refractivity (Wildman–Crippen MR) is 124 cm³/mol. The second-order valence-corrected chi connectivity index (χ2v) is 9.10. The van der Waals surface area contributed by atoms with E-state index < -0.39 is 36.3 Å². The molecular formula is C23H20ClF3N6O3. The Labute approximate surface area is 207 Å². The van der Waals surface area contributed by atoms with Crippen molar-refractivity contribution in [3.05, 3.63) is 53.7 Å². The van der Waals surface area contributed by atoms with Crippen LogP contribution in [0.3, 0.4) is 0 Å². The van der Waals surface area contributed by atoms with E-state index in [2.05, 4.69) is 19.9 Å². The zero-order valence-corrected chi connectivity index (χ0v) is 19.3. The van der Waals surface area contributed by atoms with Crippen LogP contribution < -0.4 is 5.32 Å². The standard InChI is InChI=1S/C23H20ClF3N6O3/c24-19-14-5-6-33(20(14)30-10-29-19)16-8-12(17(34)18(16)35)3-1-11-2-4-13-9-28-22(31-15(13)7-11)32-21(36)23(25,26)27/h2,4-7,9-10,12,16-18,34-35H,1,3,8H2,(H,28,31,32,36)/t12-,16+,17+,18-/m0/s1. The molecule has 0 bridgehead atoms. The fraction of sp³-hybridized carbons (Fsp3) is 0.348. The van der Waals surface area contributed by atoms with Crippen LogP contribution in [0.4, 0.5) is 19.1 Å². The van der Waals surface area contributed by atoms with E-state index in [1.807, 2.05) is 6.07 Å². The molecule has 1 amide bonds. The Hall–Kier alpha value is -3.35. The first kappa shape index (κ1) is 24.3. The highest BCUT2D eigenvalue weighted by atomic mass is 35.5. The van der Waals surface area contributed by atoms with Gasteiger partial charge in [0.25, 0.3) is 0 Å². The van der Waals surface area contributed by atoms with E-state index in [0.717, 1.165) is 5.56 Å². The number of aromatic nitrogens is 5. The van der Waals surface area contributed by atoms with Gasteiger partial charge in [0, 0.05) is 17.8 Å². The van der Waals surface area contributed by atoms with E-state index in [0.29, 0.717) is 46.4 Å². The first-order valence-electron chi connectivity index (χ1n) is 11.1. The van der Waals surface area contributed by atoms with Crippen LogP contribution in [-0.2, 0) is 11.2 Å². The summed E-state index contributed by atoms with van der Waals surface area (Å²) in [6, 6.07) is 6.66. The molecule has 36 heavy (non-hydrogen) atoms. The lowest BCUT2D eigenvalue weighted by atomic mass is 9.95. The number of aliphatic hydroxyl groups is 2. The molecule has 3 heterocycles. The largest absolute Gasteiger partial charge is 0.471 e. The van der Waals surface area contributed by atoms with Crippen LogP contribution in [-0.4, -0.2) is 59.0 Å². The van der Waals surface area contributed by atoms with Crippen molar-refractivity contribution in [1.29, 1.82) is 0 Å². The Bertz CT molecular complexity index is 1450. The van der Waals surface area contributed by atoms with Gasteiger partial charge in [-0.05, 0) is 42.9 Å². The summed E-state index contributed by atoms with van der Waals surface area (Å²) < 4.78 is 39.3. The summed E-state index contributed by atoms with van der Waals surface area (Å²) in [7, 11) is 0. The number of benzene rings is 1. The number of halogens is 4. The quantitative estimate of drug-likeness (QED) is 0.344. The Morgan fingerprint density at radius 3 is 2.75 bits per heavy atom. The maximum absolute atomic E-state index is 12.5. The van der Waals surface area contributed by atoms with Gasteiger partial charge in [0.15, 0.2) is 0 Å². The lowest BCUT2D eigenvalue weighted by Crippen LogP contribution is -2.30. The lowest BCUT2D eigenvalue weighted by molar-refractivity contribution is -0.167. The van der Waals surface area contributed by atoms with Gasteiger partial charge in [0.2, 0.25) is 5.95 Å². The van der Waals surface area contributed by atoms with Crippen molar-refractivity contribution in [2.45, 2.75) is 43.7 Å². The molecule has 3 aromatic heterocycles. The highest BCUT2D eigenvalue weighted by molar-refractivity contribution is 6.33. The topological polar surface area (TPSA) is 126 Å². The summed E-state index contributed by atoms with van der Waals surface area (Å²) in [4.78, 5) is 27.2. The first-order chi connectivity index (χ1) is 17.1. The predicted octanol–water partition coefficient (Wildman–Crippen LogP) is 3.44. The van der Waals surface area contributed by atoms with Crippen LogP contribution in [0.2, 0.25) is 5.15 Å². The summed E-state index contributed by atoms with van der Waals surface area (Å²) in [6.07, 6.45) is -0.944. The molecule has 4 atom stereocenters. The molecule has 1 fully saturated rings. The molecule has 1 aliphatic carbocycles. The third kappa shape index (κ3) is 4.59. The van der Waals surface area contributed by atoms with E-state index in [9.17, 15) is 28.2 Å². The van der Waals surface area contributed by atoms with E-state index in [1.165, 1.54) is 12.5 Å². The van der Waals surface area contributed by atoms with Gasteiger partial charge in [0.05, 0.1) is 23.0 Å². The molecule has 0 radical (unpaired) electrons. The molecule has 1 saturated carbocycles. The van der Waals surface area contributed by atoms with Gasteiger partial charge < -0.3 is 14.8 Å². The van der Waals surface area contributed by atoms with Crippen LogP contribution >= 0.6 is 11.6 Å². The van der Waals surface area contributed by atoms with Gasteiger partial charge in [-0.15, -0.1) is 0 Å². The number of rotatable bonds is 5. The van der Waals surface area contributed by atoms with E-state index in [-0.39, 0.29) is 5.92 Å². The van der Waals surface area contributed by atoms with Crippen molar-refractivity contribution in [2.75, 3.05) is 5.32 Å². The average molecular weight is 521 g/mol. The fourth-order valence-electron chi connectivity index (χ4n) is 4.68. The minimum atomic E-state index is -5.04. The number of hydrogen-bond donors (Lipinski definition) is 3.